The average Bonchev–Trinajstić information content (AvgIpc) is 2.91. The first-order chi connectivity index (χ1) is 12.0. The predicted octanol–water partition coefficient (Wildman–Crippen LogP) is 4.73. The maximum atomic E-state index is 12.2. The molecule has 1 amide bonds. The highest BCUT2D eigenvalue weighted by Crippen LogP contribution is 2.23. The minimum absolute atomic E-state index is 0.0922. The standard InChI is InChI=1S/C19H17Cl2N3O/c1-13-9-18(22-19(25)11-14-5-3-2-4-6-14)23-24(13)12-15-7-8-16(20)17(21)10-15/h2-10H,11-12H2,1H3,(H,22,23,25). The second-order valence-corrected chi connectivity index (χ2v) is 6.60. The summed E-state index contributed by atoms with van der Waals surface area (Å²) in [5, 5.41) is 8.33. The number of hydrogen-bond donors (Lipinski definition) is 1. The molecule has 0 aliphatic heterocycles. The van der Waals surface area contributed by atoms with E-state index in [4.69, 9.17) is 23.2 Å². The summed E-state index contributed by atoms with van der Waals surface area (Å²) >= 11 is 12.0. The molecule has 128 valence electrons. The van der Waals surface area contributed by atoms with Crippen LogP contribution < -0.4 is 5.32 Å². The molecular formula is C19H17Cl2N3O. The first-order valence-electron chi connectivity index (χ1n) is 7.83. The van der Waals surface area contributed by atoms with Crippen LogP contribution in [0.2, 0.25) is 10.0 Å². The molecule has 0 spiro atoms. The van der Waals surface area contributed by atoms with E-state index < -0.39 is 0 Å². The Hall–Kier alpha value is -2.30. The number of aryl methyl sites for hydroxylation is 1. The second kappa shape index (κ2) is 7.72. The van der Waals surface area contributed by atoms with Crippen molar-refractivity contribution in [2.24, 2.45) is 0 Å². The monoisotopic (exact) mass is 373 g/mol. The number of benzene rings is 2. The van der Waals surface area contributed by atoms with Gasteiger partial charge in [-0.15, -0.1) is 0 Å². The Bertz CT molecular complexity index is 891. The first-order valence-corrected chi connectivity index (χ1v) is 8.59. The summed E-state index contributed by atoms with van der Waals surface area (Å²) < 4.78 is 1.82. The number of amides is 1. The van der Waals surface area contributed by atoms with E-state index in [1.54, 1.807) is 6.07 Å². The predicted molar refractivity (Wildman–Crippen MR) is 101 cm³/mol. The van der Waals surface area contributed by atoms with E-state index in [1.165, 1.54) is 0 Å². The van der Waals surface area contributed by atoms with Crippen molar-refractivity contribution in [1.29, 1.82) is 0 Å². The van der Waals surface area contributed by atoms with Crippen LogP contribution in [0.15, 0.2) is 54.6 Å². The quantitative estimate of drug-likeness (QED) is 0.702. The van der Waals surface area contributed by atoms with Crippen molar-refractivity contribution in [3.05, 3.63) is 81.5 Å². The summed E-state index contributed by atoms with van der Waals surface area (Å²) in [5.74, 6) is 0.448. The van der Waals surface area contributed by atoms with Gasteiger partial charge < -0.3 is 5.32 Å². The number of halogens is 2. The van der Waals surface area contributed by atoms with Gasteiger partial charge in [-0.25, -0.2) is 0 Å². The zero-order valence-corrected chi connectivity index (χ0v) is 15.2. The van der Waals surface area contributed by atoms with Crippen LogP contribution in [-0.4, -0.2) is 15.7 Å². The lowest BCUT2D eigenvalue weighted by molar-refractivity contribution is -0.115. The molecule has 25 heavy (non-hydrogen) atoms. The van der Waals surface area contributed by atoms with Gasteiger partial charge in [0, 0.05) is 11.8 Å². The van der Waals surface area contributed by atoms with E-state index in [1.807, 2.05) is 60.1 Å². The normalized spacial score (nSPS) is 10.7. The molecule has 0 bridgehead atoms. The van der Waals surface area contributed by atoms with Crippen molar-refractivity contribution in [3.63, 3.8) is 0 Å². The van der Waals surface area contributed by atoms with Crippen LogP contribution in [0, 0.1) is 6.92 Å². The van der Waals surface area contributed by atoms with E-state index in [0.717, 1.165) is 16.8 Å². The van der Waals surface area contributed by atoms with Crippen LogP contribution in [0.1, 0.15) is 16.8 Å². The summed E-state index contributed by atoms with van der Waals surface area (Å²) in [6.07, 6.45) is 0.319. The van der Waals surface area contributed by atoms with Gasteiger partial charge in [-0.3, -0.25) is 9.48 Å². The summed E-state index contributed by atoms with van der Waals surface area (Å²) in [5.41, 5.74) is 2.90. The van der Waals surface area contributed by atoms with Crippen LogP contribution in [0.4, 0.5) is 5.82 Å². The van der Waals surface area contributed by atoms with Crippen molar-refractivity contribution in [1.82, 2.24) is 9.78 Å². The topological polar surface area (TPSA) is 46.9 Å². The summed E-state index contributed by atoms with van der Waals surface area (Å²) in [6.45, 7) is 2.49. The minimum Gasteiger partial charge on any atom is -0.309 e. The molecule has 1 aromatic heterocycles. The van der Waals surface area contributed by atoms with Crippen LogP contribution >= 0.6 is 23.2 Å². The van der Waals surface area contributed by atoms with Gasteiger partial charge in [0.1, 0.15) is 0 Å². The number of carbonyl (C=O) groups excluding carboxylic acids is 1. The number of rotatable bonds is 5. The molecule has 0 radical (unpaired) electrons. The average molecular weight is 374 g/mol. The maximum absolute atomic E-state index is 12.2. The molecule has 0 saturated carbocycles. The molecule has 0 fully saturated rings. The SMILES string of the molecule is Cc1cc(NC(=O)Cc2ccccc2)nn1Cc1ccc(Cl)c(Cl)c1. The molecule has 0 unspecified atom stereocenters. The molecule has 3 rings (SSSR count). The molecule has 0 saturated heterocycles. The lowest BCUT2D eigenvalue weighted by Crippen LogP contribution is -2.15. The van der Waals surface area contributed by atoms with E-state index >= 15 is 0 Å². The maximum Gasteiger partial charge on any atom is 0.229 e. The molecular weight excluding hydrogens is 357 g/mol. The number of nitrogens with zero attached hydrogens (tertiary/aromatic N) is 2. The van der Waals surface area contributed by atoms with E-state index in [-0.39, 0.29) is 5.91 Å². The van der Waals surface area contributed by atoms with Crippen molar-refractivity contribution >= 4 is 34.9 Å². The Morgan fingerprint density at radius 3 is 2.52 bits per heavy atom. The van der Waals surface area contributed by atoms with Crippen LogP contribution in [0.3, 0.4) is 0 Å². The first kappa shape index (κ1) is 17.5. The molecule has 0 atom stereocenters. The molecule has 1 N–H and O–H groups in total. The van der Waals surface area contributed by atoms with E-state index in [2.05, 4.69) is 10.4 Å². The number of aromatic nitrogens is 2. The summed E-state index contributed by atoms with van der Waals surface area (Å²) in [7, 11) is 0. The van der Waals surface area contributed by atoms with Crippen molar-refractivity contribution in [2.45, 2.75) is 19.9 Å². The zero-order valence-electron chi connectivity index (χ0n) is 13.7. The largest absolute Gasteiger partial charge is 0.309 e. The molecule has 1 heterocycles. The Kier molecular flexibility index (Phi) is 5.41. The lowest BCUT2D eigenvalue weighted by atomic mass is 10.1. The van der Waals surface area contributed by atoms with Crippen LogP contribution in [0.25, 0.3) is 0 Å². The Labute approximate surface area is 156 Å². The van der Waals surface area contributed by atoms with Gasteiger partial charge in [-0.1, -0.05) is 59.6 Å². The molecule has 3 aromatic rings. The highest BCUT2D eigenvalue weighted by molar-refractivity contribution is 6.42. The molecule has 6 heteroatoms. The molecule has 0 aliphatic rings. The zero-order chi connectivity index (χ0) is 17.8. The van der Waals surface area contributed by atoms with Crippen molar-refractivity contribution < 1.29 is 4.79 Å². The fourth-order valence-electron chi connectivity index (χ4n) is 2.51. The number of nitrogens with one attached hydrogen (secondary N) is 1. The smallest absolute Gasteiger partial charge is 0.229 e. The Morgan fingerprint density at radius 1 is 1.04 bits per heavy atom. The Balaban J connectivity index is 1.67. The highest BCUT2D eigenvalue weighted by atomic mass is 35.5. The molecule has 4 nitrogen and oxygen atoms in total. The fraction of sp³-hybridized carbons (Fsp3) is 0.158. The third-order valence-electron chi connectivity index (χ3n) is 3.77. The number of hydrogen-bond acceptors (Lipinski definition) is 2. The molecule has 0 aliphatic carbocycles. The van der Waals surface area contributed by atoms with Gasteiger partial charge in [0.25, 0.3) is 0 Å². The third kappa shape index (κ3) is 4.62. The van der Waals surface area contributed by atoms with Crippen molar-refractivity contribution in [3.8, 4) is 0 Å². The van der Waals surface area contributed by atoms with Crippen LogP contribution in [0.5, 0.6) is 0 Å². The van der Waals surface area contributed by atoms with Gasteiger partial charge in [-0.05, 0) is 30.2 Å². The van der Waals surface area contributed by atoms with Crippen molar-refractivity contribution in [2.75, 3.05) is 5.32 Å². The van der Waals surface area contributed by atoms with E-state index in [9.17, 15) is 4.79 Å². The summed E-state index contributed by atoms with van der Waals surface area (Å²) in [4.78, 5) is 12.2. The van der Waals surface area contributed by atoms with Gasteiger partial charge in [0.05, 0.1) is 23.0 Å². The van der Waals surface area contributed by atoms with Gasteiger partial charge >= 0.3 is 0 Å². The fourth-order valence-corrected chi connectivity index (χ4v) is 2.83. The van der Waals surface area contributed by atoms with Gasteiger partial charge in [0.15, 0.2) is 5.82 Å². The number of anilines is 1. The van der Waals surface area contributed by atoms with E-state index in [0.29, 0.717) is 28.8 Å². The van der Waals surface area contributed by atoms with Gasteiger partial charge in [-0.2, -0.15) is 5.10 Å². The summed E-state index contributed by atoms with van der Waals surface area (Å²) in [6, 6.07) is 16.9. The lowest BCUT2D eigenvalue weighted by Gasteiger charge is -2.06. The Morgan fingerprint density at radius 2 is 1.80 bits per heavy atom. The third-order valence-corrected chi connectivity index (χ3v) is 4.51. The van der Waals surface area contributed by atoms with Crippen LogP contribution in [-0.2, 0) is 17.8 Å². The van der Waals surface area contributed by atoms with Gasteiger partial charge in [0.2, 0.25) is 5.91 Å². The second-order valence-electron chi connectivity index (χ2n) is 5.79. The minimum atomic E-state index is -0.0922. The number of carbonyl (C=O) groups is 1. The highest BCUT2D eigenvalue weighted by Gasteiger charge is 2.10. The molecule has 2 aromatic carbocycles.